The summed E-state index contributed by atoms with van der Waals surface area (Å²) >= 11 is 1.38. The van der Waals surface area contributed by atoms with Crippen molar-refractivity contribution in [3.05, 3.63) is 48.0 Å². The summed E-state index contributed by atoms with van der Waals surface area (Å²) in [5.74, 6) is -0.244. The number of amides is 2. The number of aryl methyl sites for hydroxylation is 1. The number of aromatic nitrogens is 2. The first-order valence-electron chi connectivity index (χ1n) is 8.22. The van der Waals surface area contributed by atoms with Crippen molar-refractivity contribution in [2.45, 2.75) is 31.2 Å². The van der Waals surface area contributed by atoms with Crippen LogP contribution in [0.1, 0.15) is 19.4 Å². The zero-order chi connectivity index (χ0) is 18.7. The van der Waals surface area contributed by atoms with Gasteiger partial charge in [-0.1, -0.05) is 17.8 Å². The molecule has 0 saturated heterocycles. The van der Waals surface area contributed by atoms with Crippen molar-refractivity contribution >= 4 is 46.0 Å². The van der Waals surface area contributed by atoms with E-state index in [2.05, 4.69) is 20.6 Å². The molecule has 3 aromatic rings. The molecule has 3 rings (SSSR count). The van der Waals surface area contributed by atoms with Gasteiger partial charge in [0.2, 0.25) is 11.8 Å². The average molecular weight is 368 g/mol. The molecule has 6 nitrogen and oxygen atoms in total. The number of nitrogens with zero attached hydrogens (tertiary/aromatic N) is 1. The minimum atomic E-state index is -0.313. The SMILES string of the molecule is CC(=O)Nc1ccc(NC(=O)[C@H](C)Sc2nc3ccc(C)cc3[nH]2)cc1. The Labute approximate surface area is 155 Å². The summed E-state index contributed by atoms with van der Waals surface area (Å²) in [5.41, 5.74) is 4.38. The number of aromatic amines is 1. The number of rotatable bonds is 5. The number of fused-ring (bicyclic) bond motifs is 1. The molecular weight excluding hydrogens is 348 g/mol. The van der Waals surface area contributed by atoms with E-state index in [0.717, 1.165) is 16.6 Å². The Balaban J connectivity index is 1.62. The van der Waals surface area contributed by atoms with Gasteiger partial charge in [0.1, 0.15) is 0 Å². The van der Waals surface area contributed by atoms with E-state index in [4.69, 9.17) is 0 Å². The first kappa shape index (κ1) is 18.0. The van der Waals surface area contributed by atoms with Gasteiger partial charge in [0, 0.05) is 18.3 Å². The van der Waals surface area contributed by atoms with Crippen LogP contribution < -0.4 is 10.6 Å². The Bertz CT molecular complexity index is 950. The lowest BCUT2D eigenvalue weighted by Crippen LogP contribution is -2.22. The second-order valence-corrected chi connectivity index (χ2v) is 7.40. The van der Waals surface area contributed by atoms with Gasteiger partial charge in [-0.3, -0.25) is 9.59 Å². The number of H-pyrrole nitrogens is 1. The van der Waals surface area contributed by atoms with Gasteiger partial charge in [-0.15, -0.1) is 0 Å². The molecular formula is C19H20N4O2S. The summed E-state index contributed by atoms with van der Waals surface area (Å²) < 4.78 is 0. The molecule has 0 bridgehead atoms. The molecule has 0 unspecified atom stereocenters. The fourth-order valence-corrected chi connectivity index (χ4v) is 3.28. The van der Waals surface area contributed by atoms with Crippen LogP contribution in [0, 0.1) is 6.92 Å². The number of hydrogen-bond donors (Lipinski definition) is 3. The molecule has 0 saturated carbocycles. The minimum absolute atomic E-state index is 0.112. The van der Waals surface area contributed by atoms with Crippen LogP contribution in [0.2, 0.25) is 0 Å². The van der Waals surface area contributed by atoms with Gasteiger partial charge in [-0.2, -0.15) is 0 Å². The molecule has 7 heteroatoms. The molecule has 2 amide bonds. The van der Waals surface area contributed by atoms with Crippen LogP contribution in [0.5, 0.6) is 0 Å². The van der Waals surface area contributed by atoms with Crippen LogP contribution in [0.3, 0.4) is 0 Å². The van der Waals surface area contributed by atoms with E-state index in [-0.39, 0.29) is 17.1 Å². The van der Waals surface area contributed by atoms with Gasteiger partial charge in [-0.25, -0.2) is 4.98 Å². The number of nitrogens with one attached hydrogen (secondary N) is 3. The van der Waals surface area contributed by atoms with E-state index >= 15 is 0 Å². The fraction of sp³-hybridized carbons (Fsp3) is 0.211. The summed E-state index contributed by atoms with van der Waals surface area (Å²) in [7, 11) is 0. The summed E-state index contributed by atoms with van der Waals surface area (Å²) in [4.78, 5) is 31.2. The van der Waals surface area contributed by atoms with Crippen LogP contribution in [0.25, 0.3) is 11.0 Å². The van der Waals surface area contributed by atoms with Crippen molar-refractivity contribution in [1.29, 1.82) is 0 Å². The lowest BCUT2D eigenvalue weighted by molar-refractivity contribution is -0.115. The maximum absolute atomic E-state index is 12.4. The molecule has 0 aliphatic rings. The van der Waals surface area contributed by atoms with Gasteiger partial charge in [-0.05, 0) is 55.8 Å². The van der Waals surface area contributed by atoms with Gasteiger partial charge < -0.3 is 15.6 Å². The van der Waals surface area contributed by atoms with Crippen LogP contribution in [-0.4, -0.2) is 27.0 Å². The number of thioether (sulfide) groups is 1. The number of carbonyl (C=O) groups excluding carboxylic acids is 2. The average Bonchev–Trinajstić information content (AvgIpc) is 2.97. The van der Waals surface area contributed by atoms with Crippen molar-refractivity contribution < 1.29 is 9.59 Å². The Morgan fingerprint density at radius 2 is 1.73 bits per heavy atom. The van der Waals surface area contributed by atoms with Crippen molar-refractivity contribution in [2.75, 3.05) is 10.6 Å². The minimum Gasteiger partial charge on any atom is -0.333 e. The third-order valence-electron chi connectivity index (χ3n) is 3.75. The van der Waals surface area contributed by atoms with Crippen LogP contribution >= 0.6 is 11.8 Å². The fourth-order valence-electron chi connectivity index (χ4n) is 2.46. The molecule has 1 aromatic heterocycles. The third kappa shape index (κ3) is 4.43. The topological polar surface area (TPSA) is 86.9 Å². The van der Waals surface area contributed by atoms with E-state index < -0.39 is 0 Å². The number of imidazole rings is 1. The monoisotopic (exact) mass is 368 g/mol. The highest BCUT2D eigenvalue weighted by molar-refractivity contribution is 8.00. The Morgan fingerprint density at radius 3 is 2.38 bits per heavy atom. The molecule has 0 spiro atoms. The van der Waals surface area contributed by atoms with E-state index in [1.807, 2.05) is 32.0 Å². The third-order valence-corrected chi connectivity index (χ3v) is 4.73. The first-order chi connectivity index (χ1) is 12.4. The number of carbonyl (C=O) groups is 2. The van der Waals surface area contributed by atoms with Crippen LogP contribution in [-0.2, 0) is 9.59 Å². The van der Waals surface area contributed by atoms with Crippen molar-refractivity contribution in [2.24, 2.45) is 0 Å². The number of benzene rings is 2. The smallest absolute Gasteiger partial charge is 0.237 e. The zero-order valence-corrected chi connectivity index (χ0v) is 15.6. The summed E-state index contributed by atoms with van der Waals surface area (Å²) in [5, 5.41) is 5.96. The standard InChI is InChI=1S/C19H20N4O2S/c1-11-4-9-16-17(10-11)23-19(22-16)26-12(2)18(25)21-15-7-5-14(6-8-15)20-13(3)24/h4-10,12H,1-3H3,(H,20,24)(H,21,25)(H,22,23)/t12-/m0/s1. The molecule has 3 N–H and O–H groups in total. The molecule has 0 aliphatic carbocycles. The van der Waals surface area contributed by atoms with Crippen molar-refractivity contribution in [1.82, 2.24) is 9.97 Å². The van der Waals surface area contributed by atoms with Crippen LogP contribution in [0.4, 0.5) is 11.4 Å². The second kappa shape index (κ2) is 7.61. The quantitative estimate of drug-likeness (QED) is 0.595. The molecule has 0 fully saturated rings. The van der Waals surface area contributed by atoms with Gasteiger partial charge >= 0.3 is 0 Å². The predicted octanol–water partition coefficient (Wildman–Crippen LogP) is 3.95. The molecule has 0 radical (unpaired) electrons. The Kier molecular flexibility index (Phi) is 5.27. The molecule has 26 heavy (non-hydrogen) atoms. The lowest BCUT2D eigenvalue weighted by atomic mass is 10.2. The lowest BCUT2D eigenvalue weighted by Gasteiger charge is -2.11. The maximum Gasteiger partial charge on any atom is 0.237 e. The summed E-state index contributed by atoms with van der Waals surface area (Å²) in [6.07, 6.45) is 0. The molecule has 1 atom stereocenters. The van der Waals surface area contributed by atoms with Crippen molar-refractivity contribution in [3.63, 3.8) is 0 Å². The zero-order valence-electron chi connectivity index (χ0n) is 14.8. The van der Waals surface area contributed by atoms with E-state index in [0.29, 0.717) is 16.5 Å². The van der Waals surface area contributed by atoms with Gasteiger partial charge in [0.15, 0.2) is 5.16 Å². The maximum atomic E-state index is 12.4. The summed E-state index contributed by atoms with van der Waals surface area (Å²) in [6, 6.07) is 13.0. The molecule has 134 valence electrons. The first-order valence-corrected chi connectivity index (χ1v) is 9.10. The Hall–Kier alpha value is -2.80. The molecule has 1 heterocycles. The number of anilines is 2. The highest BCUT2D eigenvalue weighted by Gasteiger charge is 2.17. The van der Waals surface area contributed by atoms with E-state index in [9.17, 15) is 9.59 Å². The van der Waals surface area contributed by atoms with Crippen LogP contribution in [0.15, 0.2) is 47.6 Å². The van der Waals surface area contributed by atoms with Gasteiger partial charge in [0.05, 0.1) is 16.3 Å². The van der Waals surface area contributed by atoms with E-state index in [1.165, 1.54) is 18.7 Å². The molecule has 2 aromatic carbocycles. The van der Waals surface area contributed by atoms with Gasteiger partial charge in [0.25, 0.3) is 0 Å². The number of hydrogen-bond acceptors (Lipinski definition) is 4. The highest BCUT2D eigenvalue weighted by atomic mass is 32.2. The van der Waals surface area contributed by atoms with Crippen molar-refractivity contribution in [3.8, 4) is 0 Å². The second-order valence-electron chi connectivity index (χ2n) is 6.07. The Morgan fingerprint density at radius 1 is 1.08 bits per heavy atom. The largest absolute Gasteiger partial charge is 0.333 e. The predicted molar refractivity (Wildman–Crippen MR) is 106 cm³/mol. The summed E-state index contributed by atoms with van der Waals surface area (Å²) in [6.45, 7) is 5.32. The van der Waals surface area contributed by atoms with E-state index in [1.54, 1.807) is 24.3 Å². The highest BCUT2D eigenvalue weighted by Crippen LogP contribution is 2.25. The molecule has 0 aliphatic heterocycles. The normalized spacial score (nSPS) is 12.0.